The van der Waals surface area contributed by atoms with Gasteiger partial charge in [0.1, 0.15) is 0 Å². The standard InChI is InChI=1S/C16H24N2O2/c1-4-9-18-14(12-17)8-10-20-15-7-6-13(5-2)11-16(15)19-3/h6-7,11,14,18H,4-5,8-10H2,1-3H3. The molecule has 4 heteroatoms. The number of nitrogens with one attached hydrogen (secondary N) is 1. The van der Waals surface area contributed by atoms with Crippen LogP contribution < -0.4 is 14.8 Å². The maximum atomic E-state index is 9.03. The Morgan fingerprint density at radius 1 is 1.30 bits per heavy atom. The van der Waals surface area contributed by atoms with Crippen LogP contribution in [0.2, 0.25) is 0 Å². The zero-order chi connectivity index (χ0) is 14.8. The van der Waals surface area contributed by atoms with Crippen LogP contribution in [-0.2, 0) is 6.42 Å². The molecule has 0 saturated carbocycles. The number of hydrogen-bond acceptors (Lipinski definition) is 4. The zero-order valence-corrected chi connectivity index (χ0v) is 12.6. The first kappa shape index (κ1) is 16.3. The van der Waals surface area contributed by atoms with Crippen molar-refractivity contribution in [3.8, 4) is 17.6 Å². The van der Waals surface area contributed by atoms with Gasteiger partial charge in [0.2, 0.25) is 0 Å². The molecule has 0 heterocycles. The van der Waals surface area contributed by atoms with Crippen LogP contribution in [0.15, 0.2) is 18.2 Å². The van der Waals surface area contributed by atoms with Gasteiger partial charge in [-0.15, -0.1) is 0 Å². The van der Waals surface area contributed by atoms with Gasteiger partial charge in [0.05, 0.1) is 25.8 Å². The maximum Gasteiger partial charge on any atom is 0.161 e. The summed E-state index contributed by atoms with van der Waals surface area (Å²) in [5.41, 5.74) is 1.22. The normalized spacial score (nSPS) is 11.7. The molecule has 0 saturated heterocycles. The molecule has 0 spiro atoms. The fraction of sp³-hybridized carbons (Fsp3) is 0.562. The lowest BCUT2D eigenvalue weighted by atomic mass is 10.1. The van der Waals surface area contributed by atoms with Crippen LogP contribution in [-0.4, -0.2) is 26.3 Å². The van der Waals surface area contributed by atoms with E-state index < -0.39 is 0 Å². The number of nitriles is 1. The summed E-state index contributed by atoms with van der Waals surface area (Å²) in [6.45, 7) is 5.54. The predicted octanol–water partition coefficient (Wildman–Crippen LogP) is 2.92. The Hall–Kier alpha value is -1.73. The van der Waals surface area contributed by atoms with Gasteiger partial charge in [0.25, 0.3) is 0 Å². The lowest BCUT2D eigenvalue weighted by Crippen LogP contribution is -2.29. The van der Waals surface area contributed by atoms with E-state index in [4.69, 9.17) is 14.7 Å². The lowest BCUT2D eigenvalue weighted by molar-refractivity contribution is 0.279. The molecular weight excluding hydrogens is 252 g/mol. The molecule has 0 aliphatic rings. The van der Waals surface area contributed by atoms with Crippen molar-refractivity contribution in [3.05, 3.63) is 23.8 Å². The van der Waals surface area contributed by atoms with Crippen molar-refractivity contribution in [2.45, 2.75) is 39.2 Å². The number of ether oxygens (including phenoxy) is 2. The summed E-state index contributed by atoms with van der Waals surface area (Å²) in [5, 5.41) is 12.2. The Kier molecular flexibility index (Phi) is 7.52. The van der Waals surface area contributed by atoms with E-state index >= 15 is 0 Å². The third kappa shape index (κ3) is 5.10. The van der Waals surface area contributed by atoms with Crippen molar-refractivity contribution < 1.29 is 9.47 Å². The third-order valence-electron chi connectivity index (χ3n) is 3.10. The van der Waals surface area contributed by atoms with Gasteiger partial charge in [0, 0.05) is 6.42 Å². The molecule has 110 valence electrons. The van der Waals surface area contributed by atoms with E-state index in [2.05, 4.69) is 25.2 Å². The number of aryl methyl sites for hydroxylation is 1. The molecule has 20 heavy (non-hydrogen) atoms. The van der Waals surface area contributed by atoms with E-state index in [1.165, 1.54) is 5.56 Å². The largest absolute Gasteiger partial charge is 0.493 e. The second kappa shape index (κ2) is 9.22. The Bertz CT molecular complexity index is 441. The molecule has 1 atom stereocenters. The van der Waals surface area contributed by atoms with Crippen LogP contribution in [0.3, 0.4) is 0 Å². The zero-order valence-electron chi connectivity index (χ0n) is 12.6. The Balaban J connectivity index is 2.51. The minimum absolute atomic E-state index is 0.157. The highest BCUT2D eigenvalue weighted by molar-refractivity contribution is 5.42. The highest BCUT2D eigenvalue weighted by Crippen LogP contribution is 2.28. The summed E-state index contributed by atoms with van der Waals surface area (Å²) in [7, 11) is 1.64. The van der Waals surface area contributed by atoms with Crippen molar-refractivity contribution >= 4 is 0 Å². The first-order valence-electron chi connectivity index (χ1n) is 7.17. The molecule has 1 N–H and O–H groups in total. The van der Waals surface area contributed by atoms with Crippen LogP contribution in [0.25, 0.3) is 0 Å². The maximum absolute atomic E-state index is 9.03. The smallest absolute Gasteiger partial charge is 0.161 e. The van der Waals surface area contributed by atoms with Gasteiger partial charge < -0.3 is 14.8 Å². The molecule has 1 rings (SSSR count). The number of nitrogens with zero attached hydrogens (tertiary/aromatic N) is 1. The van der Waals surface area contributed by atoms with Gasteiger partial charge in [-0.05, 0) is 37.1 Å². The Morgan fingerprint density at radius 3 is 2.70 bits per heavy atom. The molecule has 0 fully saturated rings. The van der Waals surface area contributed by atoms with Crippen LogP contribution in [0.5, 0.6) is 11.5 Å². The molecule has 0 aliphatic carbocycles. The minimum Gasteiger partial charge on any atom is -0.493 e. The number of rotatable bonds is 9. The molecule has 0 amide bonds. The highest BCUT2D eigenvalue weighted by Gasteiger charge is 2.08. The van der Waals surface area contributed by atoms with Gasteiger partial charge >= 0.3 is 0 Å². The van der Waals surface area contributed by atoms with Crippen molar-refractivity contribution in [1.82, 2.24) is 5.32 Å². The Labute approximate surface area is 121 Å². The molecule has 0 radical (unpaired) electrons. The monoisotopic (exact) mass is 276 g/mol. The number of benzene rings is 1. The summed E-state index contributed by atoms with van der Waals surface area (Å²) in [4.78, 5) is 0. The SMILES string of the molecule is CCCNC(C#N)CCOc1ccc(CC)cc1OC. The molecule has 0 bridgehead atoms. The van der Waals surface area contributed by atoms with Crippen molar-refractivity contribution in [2.75, 3.05) is 20.3 Å². The second-order valence-electron chi connectivity index (χ2n) is 4.61. The van der Waals surface area contributed by atoms with E-state index in [0.29, 0.717) is 13.0 Å². The first-order valence-corrected chi connectivity index (χ1v) is 7.17. The van der Waals surface area contributed by atoms with Gasteiger partial charge in [-0.2, -0.15) is 5.26 Å². The van der Waals surface area contributed by atoms with E-state index in [1.54, 1.807) is 7.11 Å². The van der Waals surface area contributed by atoms with Crippen LogP contribution in [0.1, 0.15) is 32.3 Å². The van der Waals surface area contributed by atoms with Crippen LogP contribution in [0.4, 0.5) is 0 Å². The summed E-state index contributed by atoms with van der Waals surface area (Å²) >= 11 is 0. The van der Waals surface area contributed by atoms with Crippen molar-refractivity contribution in [2.24, 2.45) is 0 Å². The van der Waals surface area contributed by atoms with Gasteiger partial charge in [-0.1, -0.05) is 19.9 Å². The third-order valence-corrected chi connectivity index (χ3v) is 3.10. The first-order chi connectivity index (χ1) is 9.74. The van der Waals surface area contributed by atoms with E-state index in [9.17, 15) is 0 Å². The minimum atomic E-state index is -0.157. The van der Waals surface area contributed by atoms with Crippen molar-refractivity contribution in [1.29, 1.82) is 5.26 Å². The summed E-state index contributed by atoms with van der Waals surface area (Å²) < 4.78 is 11.1. The van der Waals surface area contributed by atoms with E-state index in [0.717, 1.165) is 30.9 Å². The summed E-state index contributed by atoms with van der Waals surface area (Å²) in [5.74, 6) is 1.48. The molecule has 0 aliphatic heterocycles. The quantitative estimate of drug-likeness (QED) is 0.753. The van der Waals surface area contributed by atoms with Crippen molar-refractivity contribution in [3.63, 3.8) is 0 Å². The predicted molar refractivity (Wildman–Crippen MR) is 80.2 cm³/mol. The molecule has 4 nitrogen and oxygen atoms in total. The molecular formula is C16H24N2O2. The van der Waals surface area contributed by atoms with Crippen LogP contribution in [0, 0.1) is 11.3 Å². The van der Waals surface area contributed by atoms with Gasteiger partial charge in [-0.3, -0.25) is 0 Å². The van der Waals surface area contributed by atoms with Gasteiger partial charge in [-0.25, -0.2) is 0 Å². The van der Waals surface area contributed by atoms with Crippen LogP contribution >= 0.6 is 0 Å². The summed E-state index contributed by atoms with van der Waals surface area (Å²) in [6.07, 6.45) is 2.65. The average Bonchev–Trinajstić information content (AvgIpc) is 2.50. The second-order valence-corrected chi connectivity index (χ2v) is 4.61. The highest BCUT2D eigenvalue weighted by atomic mass is 16.5. The molecule has 1 aromatic rings. The molecule has 0 aromatic heterocycles. The van der Waals surface area contributed by atoms with Gasteiger partial charge in [0.15, 0.2) is 11.5 Å². The number of methoxy groups -OCH3 is 1. The number of hydrogen-bond donors (Lipinski definition) is 1. The fourth-order valence-corrected chi connectivity index (χ4v) is 1.87. The fourth-order valence-electron chi connectivity index (χ4n) is 1.87. The average molecular weight is 276 g/mol. The molecule has 1 aromatic carbocycles. The summed E-state index contributed by atoms with van der Waals surface area (Å²) in [6, 6.07) is 8.05. The Morgan fingerprint density at radius 2 is 2.10 bits per heavy atom. The molecule has 1 unspecified atom stereocenters. The topological polar surface area (TPSA) is 54.3 Å². The van der Waals surface area contributed by atoms with E-state index in [1.807, 2.05) is 18.2 Å². The lowest BCUT2D eigenvalue weighted by Gasteiger charge is -2.14. The van der Waals surface area contributed by atoms with E-state index in [-0.39, 0.29) is 6.04 Å².